The van der Waals surface area contributed by atoms with Crippen LogP contribution in [-0.4, -0.2) is 39.4 Å². The molecule has 2 atom stereocenters. The Hall–Kier alpha value is -2.64. The molecule has 2 aromatic carbocycles. The molecule has 0 radical (unpaired) electrons. The van der Waals surface area contributed by atoms with Gasteiger partial charge in [-0.2, -0.15) is 0 Å². The highest BCUT2D eigenvalue weighted by atomic mass is 32.1. The fourth-order valence-corrected chi connectivity index (χ4v) is 5.80. The smallest absolute Gasteiger partial charge is 0.303 e. The molecule has 0 spiro atoms. The van der Waals surface area contributed by atoms with Gasteiger partial charge in [-0.05, 0) is 81.8 Å². The highest BCUT2D eigenvalue weighted by Crippen LogP contribution is 2.40. The van der Waals surface area contributed by atoms with Crippen molar-refractivity contribution in [2.45, 2.75) is 70.9 Å². The molecule has 3 N–H and O–H groups in total. The van der Waals surface area contributed by atoms with Crippen LogP contribution in [0.1, 0.15) is 62.9 Å². The lowest BCUT2D eigenvalue weighted by atomic mass is 9.91. The Balaban J connectivity index is 1.75. The number of carbonyl (C=O) groups is 1. The number of aryl methyl sites for hydroxylation is 1. The maximum atomic E-state index is 11.4. The molecule has 2 heterocycles. The van der Waals surface area contributed by atoms with Gasteiger partial charge >= 0.3 is 5.97 Å². The molecule has 0 amide bonds. The third-order valence-corrected chi connectivity index (χ3v) is 7.49. The van der Waals surface area contributed by atoms with Gasteiger partial charge in [0.15, 0.2) is 0 Å². The van der Waals surface area contributed by atoms with E-state index in [0.717, 1.165) is 63.7 Å². The molecule has 0 bridgehead atoms. The summed E-state index contributed by atoms with van der Waals surface area (Å²) in [5, 5.41) is 24.8. The molecule has 1 aromatic heterocycles. The summed E-state index contributed by atoms with van der Waals surface area (Å²) in [5.74, 6) is -0.833. The van der Waals surface area contributed by atoms with Crippen LogP contribution in [0.25, 0.3) is 10.2 Å². The number of nitrogens with one attached hydrogen (secondary N) is 1. The lowest BCUT2D eigenvalue weighted by molar-refractivity contribution is -0.137. The van der Waals surface area contributed by atoms with E-state index in [2.05, 4.69) is 33.4 Å². The Morgan fingerprint density at radius 2 is 2.09 bits per heavy atom. The maximum Gasteiger partial charge on any atom is 0.303 e. The second-order valence-electron chi connectivity index (χ2n) is 9.53. The third kappa shape index (κ3) is 5.14. The monoisotopic (exact) mass is 467 g/mol. The van der Waals surface area contributed by atoms with Gasteiger partial charge < -0.3 is 20.4 Å². The van der Waals surface area contributed by atoms with Crippen LogP contribution in [0.15, 0.2) is 36.4 Å². The van der Waals surface area contributed by atoms with Crippen molar-refractivity contribution in [2.24, 2.45) is 0 Å². The van der Waals surface area contributed by atoms with Crippen LogP contribution in [0.4, 0.5) is 17.1 Å². The molecule has 176 valence electrons. The fraction of sp³-hybridized carbons (Fsp3) is 0.462. The van der Waals surface area contributed by atoms with E-state index in [-0.39, 0.29) is 18.4 Å². The van der Waals surface area contributed by atoms with Crippen LogP contribution < -0.4 is 10.2 Å². The van der Waals surface area contributed by atoms with Crippen molar-refractivity contribution < 1.29 is 15.0 Å². The molecule has 4 rings (SSSR count). The van der Waals surface area contributed by atoms with Gasteiger partial charge in [-0.1, -0.05) is 13.0 Å². The maximum absolute atomic E-state index is 11.4. The van der Waals surface area contributed by atoms with Gasteiger partial charge in [0.25, 0.3) is 0 Å². The first-order valence-electron chi connectivity index (χ1n) is 11.6. The quantitative estimate of drug-likeness (QED) is 0.374. The first kappa shape index (κ1) is 23.5. The molecule has 33 heavy (non-hydrogen) atoms. The third-order valence-electron chi connectivity index (χ3n) is 6.56. The van der Waals surface area contributed by atoms with Gasteiger partial charge in [0.05, 0.1) is 44.7 Å². The highest BCUT2D eigenvalue weighted by Gasteiger charge is 2.37. The summed E-state index contributed by atoms with van der Waals surface area (Å²) in [6, 6.07) is 12.4. The number of rotatable bonds is 8. The number of hydrogen-bond donors (Lipinski definition) is 3. The molecule has 1 saturated heterocycles. The van der Waals surface area contributed by atoms with Crippen LogP contribution in [0.2, 0.25) is 0 Å². The minimum atomic E-state index is -0.819. The zero-order valence-corrected chi connectivity index (χ0v) is 20.6. The molecule has 3 aromatic rings. The number of aliphatic hydroxyl groups is 1. The number of benzene rings is 2. The zero-order chi connectivity index (χ0) is 23.8. The minimum absolute atomic E-state index is 0.0246. The second kappa shape index (κ2) is 9.31. The normalized spacial score (nSPS) is 17.5. The van der Waals surface area contributed by atoms with E-state index in [0.29, 0.717) is 0 Å². The van der Waals surface area contributed by atoms with Crippen molar-refractivity contribution in [3.05, 3.63) is 47.0 Å². The largest absolute Gasteiger partial charge is 0.481 e. The molecular weight excluding hydrogens is 434 g/mol. The van der Waals surface area contributed by atoms with Gasteiger partial charge in [0, 0.05) is 12.2 Å². The summed E-state index contributed by atoms with van der Waals surface area (Å²) in [6.07, 6.45) is 2.83. The van der Waals surface area contributed by atoms with Crippen molar-refractivity contribution in [1.29, 1.82) is 0 Å². The minimum Gasteiger partial charge on any atom is -0.481 e. The van der Waals surface area contributed by atoms with E-state index in [1.54, 1.807) is 11.3 Å². The molecule has 0 saturated carbocycles. The van der Waals surface area contributed by atoms with Gasteiger partial charge in [-0.15, -0.1) is 11.3 Å². The van der Waals surface area contributed by atoms with E-state index in [1.807, 2.05) is 45.9 Å². The fourth-order valence-electron chi connectivity index (χ4n) is 4.93. The van der Waals surface area contributed by atoms with Crippen LogP contribution in [0.3, 0.4) is 0 Å². The Labute approximate surface area is 199 Å². The molecule has 1 fully saturated rings. The predicted molar refractivity (Wildman–Crippen MR) is 136 cm³/mol. The van der Waals surface area contributed by atoms with Gasteiger partial charge in [-0.25, -0.2) is 4.98 Å². The predicted octanol–water partition coefficient (Wildman–Crippen LogP) is 6.06. The number of aliphatic carboxylic acids is 1. The van der Waals surface area contributed by atoms with Crippen LogP contribution >= 0.6 is 11.3 Å². The lowest BCUT2D eigenvalue weighted by Gasteiger charge is -2.36. The number of anilines is 3. The summed E-state index contributed by atoms with van der Waals surface area (Å²) >= 11 is 1.67. The molecule has 6 nitrogen and oxygen atoms in total. The van der Waals surface area contributed by atoms with Crippen molar-refractivity contribution in [1.82, 2.24) is 4.98 Å². The lowest BCUT2D eigenvalue weighted by Crippen LogP contribution is -2.46. The van der Waals surface area contributed by atoms with E-state index >= 15 is 0 Å². The second-order valence-corrected chi connectivity index (χ2v) is 10.8. The number of carboxylic acid groups (broad SMARTS) is 1. The van der Waals surface area contributed by atoms with Crippen molar-refractivity contribution in [3.63, 3.8) is 0 Å². The summed E-state index contributed by atoms with van der Waals surface area (Å²) in [7, 11) is 0. The SMILES string of the molecule is CC[C@@H](CC(=O)O)c1ccc(N2CCCC2C(C)(C)O)c(Nc2ccc3nc(C)sc3c2)c1. The molecule has 0 aliphatic carbocycles. The number of aromatic nitrogens is 1. The summed E-state index contributed by atoms with van der Waals surface area (Å²) < 4.78 is 1.13. The van der Waals surface area contributed by atoms with Gasteiger partial charge in [0.2, 0.25) is 0 Å². The molecule has 1 unspecified atom stereocenters. The highest BCUT2D eigenvalue weighted by molar-refractivity contribution is 7.18. The van der Waals surface area contributed by atoms with Crippen LogP contribution in [0.5, 0.6) is 0 Å². The van der Waals surface area contributed by atoms with Crippen molar-refractivity contribution in [3.8, 4) is 0 Å². The van der Waals surface area contributed by atoms with Crippen LogP contribution in [0, 0.1) is 6.92 Å². The van der Waals surface area contributed by atoms with Crippen molar-refractivity contribution in [2.75, 3.05) is 16.8 Å². The Bertz CT molecular complexity index is 1150. The van der Waals surface area contributed by atoms with E-state index in [4.69, 9.17) is 0 Å². The Morgan fingerprint density at radius 1 is 1.30 bits per heavy atom. The zero-order valence-electron chi connectivity index (χ0n) is 19.8. The van der Waals surface area contributed by atoms with Gasteiger partial charge in [0.1, 0.15) is 0 Å². The first-order chi connectivity index (χ1) is 15.7. The molecular formula is C26H33N3O3S. The van der Waals surface area contributed by atoms with E-state index in [9.17, 15) is 15.0 Å². The summed E-state index contributed by atoms with van der Waals surface area (Å²) in [6.45, 7) is 8.66. The molecule has 1 aliphatic rings. The molecule has 1 aliphatic heterocycles. The number of fused-ring (bicyclic) bond motifs is 1. The van der Waals surface area contributed by atoms with E-state index in [1.165, 1.54) is 0 Å². The number of nitrogens with zero attached hydrogens (tertiary/aromatic N) is 2. The first-order valence-corrected chi connectivity index (χ1v) is 12.5. The average molecular weight is 468 g/mol. The van der Waals surface area contributed by atoms with Crippen molar-refractivity contribution >= 4 is 44.6 Å². The summed E-state index contributed by atoms with van der Waals surface area (Å²) in [5.41, 5.74) is 4.13. The number of thiazole rings is 1. The summed E-state index contributed by atoms with van der Waals surface area (Å²) in [4.78, 5) is 18.3. The Morgan fingerprint density at radius 3 is 2.79 bits per heavy atom. The van der Waals surface area contributed by atoms with E-state index < -0.39 is 11.6 Å². The number of hydrogen-bond acceptors (Lipinski definition) is 6. The standard InChI is InChI=1S/C26H33N3O3S/c1-5-17(14-25(30)31)18-8-11-22(29-12-6-7-24(29)26(3,4)32)21(13-18)28-19-9-10-20-23(15-19)33-16(2)27-20/h8-11,13,15,17,24,28,32H,5-7,12,14H2,1-4H3,(H,30,31)/t17-,24?/m0/s1. The number of carboxylic acids is 1. The topological polar surface area (TPSA) is 85.7 Å². The van der Waals surface area contributed by atoms with Gasteiger partial charge in [-0.3, -0.25) is 4.79 Å². The average Bonchev–Trinajstić information content (AvgIpc) is 3.37. The Kier molecular flexibility index (Phi) is 6.64. The molecule has 7 heteroatoms. The van der Waals surface area contributed by atoms with Crippen LogP contribution in [-0.2, 0) is 4.79 Å².